The molecule has 1 saturated carbocycles. The topological polar surface area (TPSA) is 66.8 Å². The summed E-state index contributed by atoms with van der Waals surface area (Å²) >= 11 is 0. The van der Waals surface area contributed by atoms with Crippen LogP contribution in [0.25, 0.3) is 0 Å². The van der Waals surface area contributed by atoms with Gasteiger partial charge < -0.3 is 9.84 Å². The minimum Gasteiger partial charge on any atom is -0.480 e. The van der Waals surface area contributed by atoms with Gasteiger partial charge in [-0.25, -0.2) is 4.79 Å². The second-order valence-electron chi connectivity index (χ2n) is 6.84. The molecule has 2 aliphatic rings. The Balaban J connectivity index is 1.96. The van der Waals surface area contributed by atoms with E-state index in [0.717, 1.165) is 18.4 Å². The Labute approximate surface area is 136 Å². The lowest BCUT2D eigenvalue weighted by Gasteiger charge is -2.42. The van der Waals surface area contributed by atoms with Crippen LogP contribution in [0.15, 0.2) is 24.3 Å². The molecular formula is C18H23NO4. The number of amides is 1. The molecule has 5 nitrogen and oxygen atoms in total. The van der Waals surface area contributed by atoms with Crippen LogP contribution >= 0.6 is 0 Å². The van der Waals surface area contributed by atoms with E-state index in [0.29, 0.717) is 24.3 Å². The summed E-state index contributed by atoms with van der Waals surface area (Å²) in [6.45, 7) is 4.18. The monoisotopic (exact) mass is 317 g/mol. The first-order chi connectivity index (χ1) is 10.9. The molecule has 1 spiro atoms. The quantitative estimate of drug-likeness (QED) is 0.911. The predicted molar refractivity (Wildman–Crippen MR) is 85.1 cm³/mol. The molecule has 5 heteroatoms. The van der Waals surface area contributed by atoms with Crippen molar-refractivity contribution >= 4 is 11.9 Å². The van der Waals surface area contributed by atoms with Gasteiger partial charge in [0, 0.05) is 5.56 Å². The molecule has 1 amide bonds. The van der Waals surface area contributed by atoms with Crippen molar-refractivity contribution in [2.45, 2.75) is 51.3 Å². The summed E-state index contributed by atoms with van der Waals surface area (Å²) in [5.41, 5.74) is 0.755. The summed E-state index contributed by atoms with van der Waals surface area (Å²) < 4.78 is 5.91. The highest BCUT2D eigenvalue weighted by molar-refractivity contribution is 5.97. The number of ether oxygens (including phenoxy) is 1. The number of benzene rings is 1. The van der Waals surface area contributed by atoms with E-state index >= 15 is 0 Å². The molecule has 2 fully saturated rings. The summed E-state index contributed by atoms with van der Waals surface area (Å²) in [4.78, 5) is 26.2. The summed E-state index contributed by atoms with van der Waals surface area (Å²) in [5, 5.41) is 9.53. The van der Waals surface area contributed by atoms with Gasteiger partial charge in [0.1, 0.15) is 5.72 Å². The Hall–Kier alpha value is -1.88. The van der Waals surface area contributed by atoms with Gasteiger partial charge in [0.25, 0.3) is 5.91 Å². The first-order valence-electron chi connectivity index (χ1n) is 8.20. The van der Waals surface area contributed by atoms with Crippen LogP contribution in [-0.4, -0.2) is 40.3 Å². The van der Waals surface area contributed by atoms with Crippen molar-refractivity contribution < 1.29 is 19.4 Å². The highest BCUT2D eigenvalue weighted by Crippen LogP contribution is 2.43. The zero-order valence-electron chi connectivity index (χ0n) is 13.6. The number of carbonyl (C=O) groups is 2. The lowest BCUT2D eigenvalue weighted by Crippen LogP contribution is -2.55. The van der Waals surface area contributed by atoms with Gasteiger partial charge in [0.05, 0.1) is 6.61 Å². The number of rotatable bonds is 2. The number of hydrogen-bond donors (Lipinski definition) is 1. The number of carbonyl (C=O) groups excluding carboxylic acids is 1. The Kier molecular flexibility index (Phi) is 4.15. The molecule has 1 saturated heterocycles. The third-order valence-corrected chi connectivity index (χ3v) is 5.09. The zero-order valence-corrected chi connectivity index (χ0v) is 13.6. The van der Waals surface area contributed by atoms with Crippen molar-refractivity contribution in [3.8, 4) is 0 Å². The molecule has 1 unspecified atom stereocenters. The molecule has 1 aromatic carbocycles. The van der Waals surface area contributed by atoms with E-state index in [9.17, 15) is 14.7 Å². The van der Waals surface area contributed by atoms with Crippen molar-refractivity contribution in [1.82, 2.24) is 4.90 Å². The molecule has 23 heavy (non-hydrogen) atoms. The summed E-state index contributed by atoms with van der Waals surface area (Å²) in [7, 11) is 0. The van der Waals surface area contributed by atoms with Crippen molar-refractivity contribution in [3.63, 3.8) is 0 Å². The second-order valence-corrected chi connectivity index (χ2v) is 6.84. The normalized spacial score (nSPS) is 30.6. The molecule has 1 aliphatic heterocycles. The van der Waals surface area contributed by atoms with Crippen LogP contribution < -0.4 is 0 Å². The number of nitrogens with zero attached hydrogens (tertiary/aromatic N) is 1. The third kappa shape index (κ3) is 2.85. The Morgan fingerprint density at radius 2 is 2.00 bits per heavy atom. The fourth-order valence-corrected chi connectivity index (χ4v) is 3.69. The molecule has 1 heterocycles. The number of carboxylic acid groups (broad SMARTS) is 1. The Morgan fingerprint density at radius 3 is 2.61 bits per heavy atom. The van der Waals surface area contributed by atoms with Crippen molar-refractivity contribution in [2.24, 2.45) is 5.92 Å². The van der Waals surface area contributed by atoms with Gasteiger partial charge in [-0.1, -0.05) is 24.6 Å². The van der Waals surface area contributed by atoms with E-state index in [-0.39, 0.29) is 12.5 Å². The molecule has 1 aliphatic carbocycles. The minimum absolute atomic E-state index is 0.0707. The molecule has 3 rings (SSSR count). The minimum atomic E-state index is -0.999. The Morgan fingerprint density at radius 1 is 1.30 bits per heavy atom. The van der Waals surface area contributed by atoms with E-state index < -0.39 is 17.7 Å². The molecule has 124 valence electrons. The lowest BCUT2D eigenvalue weighted by atomic mass is 9.83. The van der Waals surface area contributed by atoms with Crippen LogP contribution in [0.5, 0.6) is 0 Å². The average Bonchev–Trinajstić information content (AvgIpc) is 2.89. The van der Waals surface area contributed by atoms with Crippen LogP contribution in [0.1, 0.15) is 48.5 Å². The van der Waals surface area contributed by atoms with Crippen LogP contribution in [0.2, 0.25) is 0 Å². The van der Waals surface area contributed by atoms with Gasteiger partial charge in [-0.2, -0.15) is 0 Å². The molecule has 1 atom stereocenters. The zero-order chi connectivity index (χ0) is 16.6. The van der Waals surface area contributed by atoms with Gasteiger partial charge in [-0.05, 0) is 50.7 Å². The first kappa shape index (κ1) is 16.0. The Bertz CT molecular complexity index is 619. The van der Waals surface area contributed by atoms with E-state index in [4.69, 9.17) is 4.74 Å². The van der Waals surface area contributed by atoms with Gasteiger partial charge in [0.2, 0.25) is 0 Å². The maximum atomic E-state index is 13.1. The highest BCUT2D eigenvalue weighted by atomic mass is 16.5. The largest absolute Gasteiger partial charge is 0.480 e. The second kappa shape index (κ2) is 5.96. The standard InChI is InChI=1S/C18H23NO4/c1-12-6-8-18(9-7-12)19(15(11-23-18)17(21)22)16(20)14-5-3-4-13(2)10-14/h3-5,10,12,15H,6-9,11H2,1-2H3,(H,21,22). The number of carboxylic acids is 1. The molecule has 0 aromatic heterocycles. The van der Waals surface area contributed by atoms with E-state index in [1.54, 1.807) is 12.1 Å². The fourth-order valence-electron chi connectivity index (χ4n) is 3.69. The van der Waals surface area contributed by atoms with Crippen molar-refractivity contribution in [2.75, 3.05) is 6.61 Å². The summed E-state index contributed by atoms with van der Waals surface area (Å²) in [6, 6.07) is 6.38. The molecular weight excluding hydrogens is 294 g/mol. The lowest BCUT2D eigenvalue weighted by molar-refractivity contribution is -0.143. The predicted octanol–water partition coefficient (Wildman–Crippen LogP) is 2.83. The molecule has 0 bridgehead atoms. The maximum Gasteiger partial charge on any atom is 0.328 e. The van der Waals surface area contributed by atoms with Gasteiger partial charge >= 0.3 is 5.97 Å². The fraction of sp³-hybridized carbons (Fsp3) is 0.556. The smallest absolute Gasteiger partial charge is 0.328 e. The van der Waals surface area contributed by atoms with Crippen LogP contribution in [0.4, 0.5) is 0 Å². The summed E-state index contributed by atoms with van der Waals surface area (Å²) in [6.07, 6.45) is 3.30. The molecule has 0 radical (unpaired) electrons. The SMILES string of the molecule is Cc1cccc(C(=O)N2C(C(=O)O)COC23CCC(C)CC3)c1. The highest BCUT2D eigenvalue weighted by Gasteiger charge is 2.53. The maximum absolute atomic E-state index is 13.1. The van der Waals surface area contributed by atoms with Gasteiger partial charge in [-0.3, -0.25) is 9.69 Å². The molecule has 1 aromatic rings. The van der Waals surface area contributed by atoms with Crippen molar-refractivity contribution in [1.29, 1.82) is 0 Å². The number of aliphatic carboxylic acids is 1. The number of aryl methyl sites for hydroxylation is 1. The van der Waals surface area contributed by atoms with Gasteiger partial charge in [-0.15, -0.1) is 0 Å². The third-order valence-electron chi connectivity index (χ3n) is 5.09. The van der Waals surface area contributed by atoms with E-state index in [1.807, 2.05) is 19.1 Å². The van der Waals surface area contributed by atoms with Crippen LogP contribution in [0.3, 0.4) is 0 Å². The summed E-state index contributed by atoms with van der Waals surface area (Å²) in [5.74, 6) is -0.654. The van der Waals surface area contributed by atoms with E-state index in [2.05, 4.69) is 6.92 Å². The average molecular weight is 317 g/mol. The van der Waals surface area contributed by atoms with E-state index in [1.165, 1.54) is 4.90 Å². The molecule has 1 N–H and O–H groups in total. The van der Waals surface area contributed by atoms with Crippen LogP contribution in [0, 0.1) is 12.8 Å². The van der Waals surface area contributed by atoms with Crippen LogP contribution in [-0.2, 0) is 9.53 Å². The van der Waals surface area contributed by atoms with Crippen molar-refractivity contribution in [3.05, 3.63) is 35.4 Å². The first-order valence-corrected chi connectivity index (χ1v) is 8.20. The number of hydrogen-bond acceptors (Lipinski definition) is 3. The van der Waals surface area contributed by atoms with Gasteiger partial charge in [0.15, 0.2) is 6.04 Å².